The summed E-state index contributed by atoms with van der Waals surface area (Å²) in [7, 11) is 0. The fourth-order valence-corrected chi connectivity index (χ4v) is 2.32. The highest BCUT2D eigenvalue weighted by molar-refractivity contribution is 5.44. The van der Waals surface area contributed by atoms with Crippen LogP contribution < -0.4 is 14.8 Å². The number of ether oxygens (including phenoxy) is 3. The molecule has 0 radical (unpaired) electrons. The van der Waals surface area contributed by atoms with E-state index >= 15 is 0 Å². The molecular formula is C15H21NO3. The molecule has 0 amide bonds. The number of fused-ring (bicyclic) bond motifs is 1. The van der Waals surface area contributed by atoms with E-state index in [1.165, 1.54) is 0 Å². The Kier molecular flexibility index (Phi) is 3.37. The van der Waals surface area contributed by atoms with Gasteiger partial charge in [0.1, 0.15) is 0 Å². The molecule has 1 aromatic carbocycles. The molecule has 0 aromatic heterocycles. The van der Waals surface area contributed by atoms with Crippen LogP contribution in [0.3, 0.4) is 0 Å². The first-order valence-electron chi connectivity index (χ1n) is 6.86. The molecule has 1 atom stereocenters. The molecule has 104 valence electrons. The lowest BCUT2D eigenvalue weighted by molar-refractivity contribution is 0.0275. The van der Waals surface area contributed by atoms with Crippen molar-refractivity contribution >= 4 is 0 Å². The minimum absolute atomic E-state index is 0.0437. The summed E-state index contributed by atoms with van der Waals surface area (Å²) in [6.45, 7) is 8.18. The van der Waals surface area contributed by atoms with Gasteiger partial charge in [-0.05, 0) is 17.7 Å². The molecule has 1 N–H and O–H groups in total. The molecular weight excluding hydrogens is 242 g/mol. The van der Waals surface area contributed by atoms with Crippen LogP contribution in [0.1, 0.15) is 25.5 Å². The Morgan fingerprint density at radius 3 is 2.68 bits per heavy atom. The van der Waals surface area contributed by atoms with Crippen molar-refractivity contribution in [2.45, 2.75) is 20.0 Å². The number of morpholine rings is 1. The summed E-state index contributed by atoms with van der Waals surface area (Å²) < 4.78 is 17.5. The van der Waals surface area contributed by atoms with Crippen molar-refractivity contribution in [1.29, 1.82) is 0 Å². The molecule has 2 aliphatic rings. The molecule has 4 nitrogen and oxygen atoms in total. The van der Waals surface area contributed by atoms with E-state index in [9.17, 15) is 0 Å². The number of benzene rings is 1. The summed E-state index contributed by atoms with van der Waals surface area (Å²) in [5, 5.41) is 3.34. The topological polar surface area (TPSA) is 39.7 Å². The van der Waals surface area contributed by atoms with Crippen LogP contribution in [0, 0.1) is 5.41 Å². The molecule has 1 unspecified atom stereocenters. The standard InChI is InChI=1S/C15H21NO3/c1-15(2)9-18-12-4-3-11(7-13(12)19-10-15)14-8-16-5-6-17-14/h3-4,7,14,16H,5-6,8-10H2,1-2H3. The van der Waals surface area contributed by atoms with Gasteiger partial charge in [-0.1, -0.05) is 19.9 Å². The quantitative estimate of drug-likeness (QED) is 0.842. The zero-order valence-electron chi connectivity index (χ0n) is 11.6. The summed E-state index contributed by atoms with van der Waals surface area (Å²) in [6.07, 6.45) is 0.110. The summed E-state index contributed by atoms with van der Waals surface area (Å²) >= 11 is 0. The number of nitrogens with one attached hydrogen (secondary N) is 1. The number of rotatable bonds is 1. The Morgan fingerprint density at radius 2 is 1.95 bits per heavy atom. The zero-order valence-corrected chi connectivity index (χ0v) is 11.6. The number of hydrogen-bond donors (Lipinski definition) is 1. The molecule has 1 saturated heterocycles. The fraction of sp³-hybridized carbons (Fsp3) is 0.600. The zero-order chi connectivity index (χ0) is 13.3. The van der Waals surface area contributed by atoms with E-state index in [0.717, 1.165) is 36.8 Å². The Bertz CT molecular complexity index is 453. The van der Waals surface area contributed by atoms with E-state index in [0.29, 0.717) is 13.2 Å². The van der Waals surface area contributed by atoms with Crippen molar-refractivity contribution in [3.63, 3.8) is 0 Å². The predicted octanol–water partition coefficient (Wildman–Crippen LogP) is 2.14. The molecule has 0 saturated carbocycles. The Hall–Kier alpha value is -1.26. The van der Waals surface area contributed by atoms with Gasteiger partial charge in [-0.15, -0.1) is 0 Å². The van der Waals surface area contributed by atoms with Crippen molar-refractivity contribution in [1.82, 2.24) is 5.32 Å². The van der Waals surface area contributed by atoms with E-state index in [4.69, 9.17) is 14.2 Å². The van der Waals surface area contributed by atoms with E-state index in [-0.39, 0.29) is 11.5 Å². The maximum absolute atomic E-state index is 5.89. The second-order valence-electron chi connectivity index (χ2n) is 6.01. The van der Waals surface area contributed by atoms with Crippen molar-refractivity contribution in [3.05, 3.63) is 23.8 Å². The van der Waals surface area contributed by atoms with Gasteiger partial charge in [0, 0.05) is 18.5 Å². The molecule has 2 aliphatic heterocycles. The first-order valence-corrected chi connectivity index (χ1v) is 6.86. The third kappa shape index (κ3) is 2.85. The van der Waals surface area contributed by atoms with Crippen LogP contribution in [0.25, 0.3) is 0 Å². The molecule has 0 spiro atoms. The normalized spacial score (nSPS) is 25.7. The highest BCUT2D eigenvalue weighted by Crippen LogP contribution is 2.36. The van der Waals surface area contributed by atoms with Crippen LogP contribution >= 0.6 is 0 Å². The summed E-state index contributed by atoms with van der Waals surface area (Å²) in [4.78, 5) is 0. The van der Waals surface area contributed by atoms with E-state index in [1.807, 2.05) is 6.07 Å². The maximum Gasteiger partial charge on any atom is 0.161 e. The molecule has 1 fully saturated rings. The van der Waals surface area contributed by atoms with Crippen LogP contribution in [-0.4, -0.2) is 32.9 Å². The lowest BCUT2D eigenvalue weighted by Crippen LogP contribution is -2.33. The smallest absolute Gasteiger partial charge is 0.161 e. The average molecular weight is 263 g/mol. The van der Waals surface area contributed by atoms with Gasteiger partial charge in [-0.25, -0.2) is 0 Å². The molecule has 4 heteroatoms. The average Bonchev–Trinajstić information content (AvgIpc) is 2.59. The molecule has 0 aliphatic carbocycles. The predicted molar refractivity (Wildman–Crippen MR) is 72.8 cm³/mol. The van der Waals surface area contributed by atoms with E-state index in [2.05, 4.69) is 31.3 Å². The van der Waals surface area contributed by atoms with E-state index < -0.39 is 0 Å². The minimum atomic E-state index is 0.0437. The summed E-state index contributed by atoms with van der Waals surface area (Å²) in [6, 6.07) is 6.11. The lowest BCUT2D eigenvalue weighted by atomic mass is 9.97. The number of hydrogen-bond acceptors (Lipinski definition) is 4. The molecule has 0 bridgehead atoms. The fourth-order valence-electron chi connectivity index (χ4n) is 2.32. The first-order chi connectivity index (χ1) is 9.14. The Labute approximate surface area is 114 Å². The highest BCUT2D eigenvalue weighted by Gasteiger charge is 2.26. The van der Waals surface area contributed by atoms with Crippen LogP contribution in [0.2, 0.25) is 0 Å². The van der Waals surface area contributed by atoms with Crippen LogP contribution in [0.15, 0.2) is 18.2 Å². The van der Waals surface area contributed by atoms with Crippen LogP contribution in [-0.2, 0) is 4.74 Å². The van der Waals surface area contributed by atoms with Gasteiger partial charge in [0.2, 0.25) is 0 Å². The molecule has 2 heterocycles. The maximum atomic E-state index is 5.89. The summed E-state index contributed by atoms with van der Waals surface area (Å²) in [5.41, 5.74) is 1.19. The summed E-state index contributed by atoms with van der Waals surface area (Å²) in [5.74, 6) is 1.66. The third-order valence-electron chi connectivity index (χ3n) is 3.50. The highest BCUT2D eigenvalue weighted by atomic mass is 16.5. The van der Waals surface area contributed by atoms with Gasteiger partial charge < -0.3 is 19.5 Å². The van der Waals surface area contributed by atoms with Gasteiger partial charge in [0.15, 0.2) is 11.5 Å². The third-order valence-corrected chi connectivity index (χ3v) is 3.50. The van der Waals surface area contributed by atoms with Gasteiger partial charge >= 0.3 is 0 Å². The molecule has 1 aromatic rings. The van der Waals surface area contributed by atoms with Gasteiger partial charge in [-0.3, -0.25) is 0 Å². The van der Waals surface area contributed by atoms with Crippen molar-refractivity contribution in [3.8, 4) is 11.5 Å². The van der Waals surface area contributed by atoms with Crippen molar-refractivity contribution < 1.29 is 14.2 Å². The SMILES string of the molecule is CC1(C)COc2ccc(C3CNCCO3)cc2OC1. The van der Waals surface area contributed by atoms with Gasteiger partial charge in [0.05, 0.1) is 25.9 Å². The first kappa shape index (κ1) is 12.8. The second-order valence-corrected chi connectivity index (χ2v) is 6.01. The largest absolute Gasteiger partial charge is 0.489 e. The van der Waals surface area contributed by atoms with Crippen molar-refractivity contribution in [2.75, 3.05) is 32.9 Å². The second kappa shape index (κ2) is 5.02. The van der Waals surface area contributed by atoms with Gasteiger partial charge in [0.25, 0.3) is 0 Å². The van der Waals surface area contributed by atoms with Crippen LogP contribution in [0.4, 0.5) is 0 Å². The minimum Gasteiger partial charge on any atom is -0.489 e. The lowest BCUT2D eigenvalue weighted by Gasteiger charge is -2.24. The van der Waals surface area contributed by atoms with E-state index in [1.54, 1.807) is 0 Å². The Balaban J connectivity index is 1.82. The Morgan fingerprint density at radius 1 is 1.16 bits per heavy atom. The van der Waals surface area contributed by atoms with Crippen molar-refractivity contribution in [2.24, 2.45) is 5.41 Å². The van der Waals surface area contributed by atoms with Gasteiger partial charge in [-0.2, -0.15) is 0 Å². The monoisotopic (exact) mass is 263 g/mol. The molecule has 3 rings (SSSR count). The molecule has 19 heavy (non-hydrogen) atoms. The van der Waals surface area contributed by atoms with Crippen LogP contribution in [0.5, 0.6) is 11.5 Å².